The molecular formula is C20H25N5O3. The largest absolute Gasteiger partial charge is 0.489 e. The smallest absolute Gasteiger partial charge is 0.324 e. The van der Waals surface area contributed by atoms with Crippen LogP contribution in [0, 0.1) is 6.92 Å². The highest BCUT2D eigenvalue weighted by Gasteiger charge is 2.19. The van der Waals surface area contributed by atoms with Crippen molar-refractivity contribution in [3.05, 3.63) is 41.3 Å². The summed E-state index contributed by atoms with van der Waals surface area (Å²) in [5, 5.41) is 8.89. The first-order chi connectivity index (χ1) is 13.7. The second kappa shape index (κ2) is 8.53. The Hall–Kier alpha value is -2.71. The average molecular weight is 383 g/mol. The van der Waals surface area contributed by atoms with Gasteiger partial charge in [-0.1, -0.05) is 0 Å². The Morgan fingerprint density at radius 1 is 1.25 bits per heavy atom. The van der Waals surface area contributed by atoms with Crippen LogP contribution in [0.3, 0.4) is 0 Å². The minimum absolute atomic E-state index is 0.00603. The predicted molar refractivity (Wildman–Crippen MR) is 106 cm³/mol. The summed E-state index contributed by atoms with van der Waals surface area (Å²) in [6.45, 7) is 4.59. The van der Waals surface area contributed by atoms with Gasteiger partial charge < -0.3 is 20.1 Å². The number of hydrogen-bond donors (Lipinski definition) is 3. The third kappa shape index (κ3) is 4.58. The van der Waals surface area contributed by atoms with Gasteiger partial charge in [0.05, 0.1) is 30.4 Å². The van der Waals surface area contributed by atoms with E-state index in [0.717, 1.165) is 38.0 Å². The van der Waals surface area contributed by atoms with Gasteiger partial charge in [-0.2, -0.15) is 0 Å². The molecule has 0 saturated carbocycles. The van der Waals surface area contributed by atoms with Crippen molar-refractivity contribution in [3.63, 3.8) is 0 Å². The molecule has 2 heterocycles. The number of carbonyl (C=O) groups excluding carboxylic acids is 1. The number of morpholine rings is 1. The lowest BCUT2D eigenvalue weighted by Crippen LogP contribution is -2.41. The fraction of sp³-hybridized carbons (Fsp3) is 0.450. The van der Waals surface area contributed by atoms with E-state index >= 15 is 0 Å². The summed E-state index contributed by atoms with van der Waals surface area (Å²) in [5.74, 6) is 1.06. The molecule has 148 valence electrons. The van der Waals surface area contributed by atoms with Crippen molar-refractivity contribution in [1.29, 1.82) is 0 Å². The molecule has 1 fully saturated rings. The van der Waals surface area contributed by atoms with E-state index in [2.05, 4.69) is 25.9 Å². The van der Waals surface area contributed by atoms with Crippen LogP contribution < -0.4 is 20.7 Å². The monoisotopic (exact) mass is 383 g/mol. The second-order valence-electron chi connectivity index (χ2n) is 7.10. The van der Waals surface area contributed by atoms with E-state index in [4.69, 9.17) is 9.47 Å². The van der Waals surface area contributed by atoms with Gasteiger partial charge in [0.15, 0.2) is 5.82 Å². The van der Waals surface area contributed by atoms with E-state index in [-0.39, 0.29) is 12.1 Å². The Labute approximate surface area is 164 Å². The normalized spacial score (nSPS) is 18.4. The van der Waals surface area contributed by atoms with E-state index in [9.17, 15) is 4.79 Å². The standard InChI is InChI=1S/C20H25N5O3/c1-13-9-23-19(11-22-13)25-20(26)24-17-7-14-3-2-4-15(14)8-18(17)28-12-16-10-21-5-6-27-16/h7-9,11,16,21H,2-6,10,12H2,1H3,(H2,23,24,25,26)/t16-/m0/s1. The molecule has 2 aromatic rings. The Morgan fingerprint density at radius 3 is 2.86 bits per heavy atom. The third-order valence-corrected chi connectivity index (χ3v) is 4.89. The third-order valence-electron chi connectivity index (χ3n) is 4.89. The molecule has 4 rings (SSSR count). The highest BCUT2D eigenvalue weighted by atomic mass is 16.5. The van der Waals surface area contributed by atoms with Crippen molar-refractivity contribution in [2.24, 2.45) is 0 Å². The zero-order chi connectivity index (χ0) is 19.3. The van der Waals surface area contributed by atoms with Crippen LogP contribution in [0.1, 0.15) is 23.2 Å². The van der Waals surface area contributed by atoms with E-state index in [0.29, 0.717) is 30.5 Å². The van der Waals surface area contributed by atoms with E-state index in [1.54, 1.807) is 6.20 Å². The number of nitrogens with zero attached hydrogens (tertiary/aromatic N) is 2. The fourth-order valence-electron chi connectivity index (χ4n) is 3.46. The number of ether oxygens (including phenoxy) is 2. The lowest BCUT2D eigenvalue weighted by molar-refractivity contribution is 0.000338. The molecule has 28 heavy (non-hydrogen) atoms. The van der Waals surface area contributed by atoms with Crippen molar-refractivity contribution in [2.75, 3.05) is 36.9 Å². The molecule has 2 aliphatic rings. The molecule has 1 aliphatic carbocycles. The first-order valence-electron chi connectivity index (χ1n) is 9.65. The number of benzene rings is 1. The van der Waals surface area contributed by atoms with Crippen LogP contribution in [0.5, 0.6) is 5.75 Å². The van der Waals surface area contributed by atoms with Crippen molar-refractivity contribution >= 4 is 17.5 Å². The van der Waals surface area contributed by atoms with Crippen LogP contribution in [-0.2, 0) is 17.6 Å². The first kappa shape index (κ1) is 18.6. The van der Waals surface area contributed by atoms with Gasteiger partial charge in [-0.25, -0.2) is 9.78 Å². The van der Waals surface area contributed by atoms with Gasteiger partial charge in [0, 0.05) is 13.1 Å². The minimum Gasteiger partial charge on any atom is -0.489 e. The molecule has 0 unspecified atom stereocenters. The quantitative estimate of drug-likeness (QED) is 0.733. The second-order valence-corrected chi connectivity index (χ2v) is 7.10. The summed E-state index contributed by atoms with van der Waals surface area (Å²) in [6, 6.07) is 3.68. The molecular weight excluding hydrogens is 358 g/mol. The number of anilines is 2. The van der Waals surface area contributed by atoms with Gasteiger partial charge in [0.2, 0.25) is 0 Å². The average Bonchev–Trinajstić information content (AvgIpc) is 3.16. The van der Waals surface area contributed by atoms with Crippen LogP contribution >= 0.6 is 0 Å². The molecule has 8 heteroatoms. The van der Waals surface area contributed by atoms with Crippen LogP contribution in [0.25, 0.3) is 0 Å². The molecule has 1 aromatic heterocycles. The van der Waals surface area contributed by atoms with Gasteiger partial charge in [0.25, 0.3) is 0 Å². The Kier molecular flexibility index (Phi) is 5.68. The number of carbonyl (C=O) groups is 1. The first-order valence-corrected chi connectivity index (χ1v) is 9.65. The van der Waals surface area contributed by atoms with Gasteiger partial charge in [-0.15, -0.1) is 0 Å². The summed E-state index contributed by atoms with van der Waals surface area (Å²) in [5.41, 5.74) is 3.99. The number of rotatable bonds is 5. The van der Waals surface area contributed by atoms with Gasteiger partial charge >= 0.3 is 6.03 Å². The minimum atomic E-state index is -0.378. The topological polar surface area (TPSA) is 97.4 Å². The molecule has 3 N–H and O–H groups in total. The zero-order valence-corrected chi connectivity index (χ0v) is 16.0. The summed E-state index contributed by atoms with van der Waals surface area (Å²) < 4.78 is 11.7. The van der Waals surface area contributed by atoms with Crippen LogP contribution in [-0.4, -0.2) is 48.4 Å². The van der Waals surface area contributed by atoms with Crippen molar-refractivity contribution in [2.45, 2.75) is 32.3 Å². The predicted octanol–water partition coefficient (Wildman–Crippen LogP) is 2.28. The highest BCUT2D eigenvalue weighted by Crippen LogP contribution is 2.33. The number of aryl methyl sites for hydroxylation is 3. The van der Waals surface area contributed by atoms with Gasteiger partial charge in [-0.3, -0.25) is 10.3 Å². The Morgan fingerprint density at radius 2 is 2.11 bits per heavy atom. The SMILES string of the molecule is Cc1cnc(NC(=O)Nc2cc3c(cc2OC[C@@H]2CNCCO2)CCC3)cn1. The molecule has 8 nitrogen and oxygen atoms in total. The number of aromatic nitrogens is 2. The summed E-state index contributed by atoms with van der Waals surface area (Å²) in [7, 11) is 0. The molecule has 1 aliphatic heterocycles. The highest BCUT2D eigenvalue weighted by molar-refractivity contribution is 6.00. The fourth-order valence-corrected chi connectivity index (χ4v) is 3.46. The number of fused-ring (bicyclic) bond motifs is 1. The lowest BCUT2D eigenvalue weighted by Gasteiger charge is -2.24. The maximum absolute atomic E-state index is 12.4. The lowest BCUT2D eigenvalue weighted by atomic mass is 10.1. The molecule has 1 saturated heterocycles. The molecule has 1 aromatic carbocycles. The van der Waals surface area contributed by atoms with Crippen LogP contribution in [0.2, 0.25) is 0 Å². The maximum atomic E-state index is 12.4. The summed E-state index contributed by atoms with van der Waals surface area (Å²) in [6.07, 6.45) is 6.33. The van der Waals surface area contributed by atoms with Crippen molar-refractivity contribution < 1.29 is 14.3 Å². The van der Waals surface area contributed by atoms with Gasteiger partial charge in [0.1, 0.15) is 18.5 Å². The van der Waals surface area contributed by atoms with E-state index in [1.165, 1.54) is 17.3 Å². The van der Waals surface area contributed by atoms with Crippen LogP contribution in [0.15, 0.2) is 24.5 Å². The number of amides is 2. The molecule has 0 radical (unpaired) electrons. The molecule has 1 atom stereocenters. The summed E-state index contributed by atoms with van der Waals surface area (Å²) >= 11 is 0. The van der Waals surface area contributed by atoms with Crippen molar-refractivity contribution in [3.8, 4) is 5.75 Å². The van der Waals surface area contributed by atoms with Gasteiger partial charge in [-0.05, 0) is 49.4 Å². The van der Waals surface area contributed by atoms with E-state index in [1.807, 2.05) is 19.1 Å². The number of nitrogens with one attached hydrogen (secondary N) is 3. The van der Waals surface area contributed by atoms with Crippen LogP contribution in [0.4, 0.5) is 16.3 Å². The number of hydrogen-bond acceptors (Lipinski definition) is 6. The Balaban J connectivity index is 1.46. The Bertz CT molecular complexity index is 834. The molecule has 0 bridgehead atoms. The summed E-state index contributed by atoms with van der Waals surface area (Å²) in [4.78, 5) is 20.7. The van der Waals surface area contributed by atoms with Crippen molar-refractivity contribution in [1.82, 2.24) is 15.3 Å². The number of urea groups is 1. The molecule has 0 spiro atoms. The molecule has 2 amide bonds. The van der Waals surface area contributed by atoms with E-state index < -0.39 is 0 Å². The zero-order valence-electron chi connectivity index (χ0n) is 16.0. The maximum Gasteiger partial charge on any atom is 0.324 e.